The van der Waals surface area contributed by atoms with Gasteiger partial charge in [-0.15, -0.1) is 10.2 Å². The molecule has 4 N–H and O–H groups in total. The van der Waals surface area contributed by atoms with E-state index < -0.39 is 0 Å². The van der Waals surface area contributed by atoms with Crippen LogP contribution in [0.3, 0.4) is 0 Å². The molecule has 0 aliphatic carbocycles. The van der Waals surface area contributed by atoms with Gasteiger partial charge in [-0.2, -0.15) is 0 Å². The second-order valence-electron chi connectivity index (χ2n) is 5.83. The van der Waals surface area contributed by atoms with Crippen LogP contribution in [-0.2, 0) is 6.54 Å². The van der Waals surface area contributed by atoms with Crippen molar-refractivity contribution in [1.29, 1.82) is 0 Å². The molecule has 1 amide bonds. The van der Waals surface area contributed by atoms with Gasteiger partial charge in [-0.1, -0.05) is 35.1 Å². The monoisotopic (exact) mass is 426 g/mol. The Bertz CT molecular complexity index is 1130. The number of amides is 1. The van der Waals surface area contributed by atoms with Gasteiger partial charge >= 0.3 is 0 Å². The fraction of sp³-hybridized carbons (Fsp3) is 0.0556. The average Bonchev–Trinajstić information content (AvgIpc) is 3.42. The molecule has 0 unspecified atom stereocenters. The fourth-order valence-electron chi connectivity index (χ4n) is 2.52. The van der Waals surface area contributed by atoms with Gasteiger partial charge in [0.05, 0.1) is 16.9 Å². The van der Waals surface area contributed by atoms with Crippen molar-refractivity contribution < 1.29 is 4.79 Å². The van der Waals surface area contributed by atoms with Crippen LogP contribution in [0, 0.1) is 0 Å². The van der Waals surface area contributed by atoms with Crippen molar-refractivity contribution in [3.63, 3.8) is 0 Å². The van der Waals surface area contributed by atoms with E-state index in [4.69, 9.17) is 17.3 Å². The van der Waals surface area contributed by atoms with E-state index in [1.807, 2.05) is 6.07 Å². The van der Waals surface area contributed by atoms with Crippen LogP contribution >= 0.6 is 22.9 Å². The summed E-state index contributed by atoms with van der Waals surface area (Å²) < 4.78 is 1.74. The van der Waals surface area contributed by atoms with E-state index in [2.05, 4.69) is 30.8 Å². The van der Waals surface area contributed by atoms with Crippen molar-refractivity contribution >= 4 is 45.5 Å². The van der Waals surface area contributed by atoms with Crippen LogP contribution in [-0.4, -0.2) is 30.6 Å². The Balaban J connectivity index is 1.45. The summed E-state index contributed by atoms with van der Waals surface area (Å²) in [4.78, 5) is 21.2. The van der Waals surface area contributed by atoms with Crippen LogP contribution in [0.15, 0.2) is 55.2 Å². The van der Waals surface area contributed by atoms with Gasteiger partial charge in [0, 0.05) is 18.9 Å². The number of nitrogens with one attached hydrogen (secondary N) is 2. The second-order valence-corrected chi connectivity index (χ2v) is 7.27. The van der Waals surface area contributed by atoms with Gasteiger partial charge in [-0.3, -0.25) is 9.36 Å². The molecule has 146 valence electrons. The maximum Gasteiger partial charge on any atom is 0.267 e. The third-order valence-corrected chi connectivity index (χ3v) is 5.17. The Hall–Kier alpha value is -3.34. The van der Waals surface area contributed by atoms with Crippen molar-refractivity contribution in [2.24, 2.45) is 5.73 Å². The first-order chi connectivity index (χ1) is 14.1. The molecule has 0 fully saturated rings. The van der Waals surface area contributed by atoms with Crippen molar-refractivity contribution in [2.45, 2.75) is 6.54 Å². The highest BCUT2D eigenvalue weighted by Gasteiger charge is 2.15. The number of para-hydroxylation sites is 1. The number of nitrogens with zero attached hydrogens (tertiary/aromatic N) is 5. The number of hydrogen-bond donors (Lipinski definition) is 3. The topological polar surface area (TPSA) is 124 Å². The van der Waals surface area contributed by atoms with Gasteiger partial charge < -0.3 is 16.4 Å². The number of carbonyl (C=O) groups is 1. The molecule has 0 saturated heterocycles. The quantitative estimate of drug-likeness (QED) is 0.432. The Morgan fingerprint density at radius 1 is 1.24 bits per heavy atom. The number of carbonyl (C=O) groups excluding carboxylic acids is 1. The predicted molar refractivity (Wildman–Crippen MR) is 112 cm³/mol. The highest BCUT2D eigenvalue weighted by atomic mass is 35.5. The molecule has 0 atom stereocenters. The summed E-state index contributed by atoms with van der Waals surface area (Å²) in [5.41, 5.74) is 6.97. The summed E-state index contributed by atoms with van der Waals surface area (Å²) in [5.74, 6) is 0.828. The van der Waals surface area contributed by atoms with Crippen molar-refractivity contribution in [1.82, 2.24) is 24.7 Å². The number of aromatic nitrogens is 5. The summed E-state index contributed by atoms with van der Waals surface area (Å²) in [6.45, 7) is 0.263. The smallest absolute Gasteiger partial charge is 0.267 e. The number of halogens is 1. The maximum atomic E-state index is 12.6. The molecule has 3 aromatic heterocycles. The molecule has 0 bridgehead atoms. The summed E-state index contributed by atoms with van der Waals surface area (Å²) in [5, 5.41) is 15.0. The number of benzene rings is 1. The highest BCUT2D eigenvalue weighted by Crippen LogP contribution is 2.28. The molecule has 0 saturated carbocycles. The second kappa shape index (κ2) is 8.35. The fourth-order valence-corrected chi connectivity index (χ4v) is 3.48. The average molecular weight is 427 g/mol. The summed E-state index contributed by atoms with van der Waals surface area (Å²) >= 11 is 7.37. The predicted octanol–water partition coefficient (Wildman–Crippen LogP) is 3.23. The molecule has 0 spiro atoms. The van der Waals surface area contributed by atoms with Crippen LogP contribution in [0.2, 0.25) is 5.02 Å². The van der Waals surface area contributed by atoms with Crippen LogP contribution in [0.25, 0.3) is 5.82 Å². The van der Waals surface area contributed by atoms with Crippen molar-refractivity contribution in [2.75, 3.05) is 10.6 Å². The van der Waals surface area contributed by atoms with E-state index in [0.717, 1.165) is 5.56 Å². The van der Waals surface area contributed by atoms with E-state index in [1.165, 1.54) is 17.5 Å². The normalized spacial score (nSPS) is 10.7. The molecule has 3 heterocycles. The molecule has 29 heavy (non-hydrogen) atoms. The molecule has 0 aliphatic heterocycles. The van der Waals surface area contributed by atoms with E-state index >= 15 is 0 Å². The molecule has 1 aromatic carbocycles. The molecule has 0 aliphatic rings. The third-order valence-electron chi connectivity index (χ3n) is 3.94. The first-order valence-electron chi connectivity index (χ1n) is 8.48. The van der Waals surface area contributed by atoms with E-state index in [0.29, 0.717) is 32.4 Å². The van der Waals surface area contributed by atoms with Crippen molar-refractivity contribution in [3.8, 4) is 5.82 Å². The molecule has 4 rings (SSSR count). The van der Waals surface area contributed by atoms with Crippen molar-refractivity contribution in [3.05, 3.63) is 70.7 Å². The molecule has 11 heteroatoms. The van der Waals surface area contributed by atoms with E-state index in [9.17, 15) is 4.79 Å². The first kappa shape index (κ1) is 19.0. The van der Waals surface area contributed by atoms with Gasteiger partial charge in [0.1, 0.15) is 11.2 Å². The van der Waals surface area contributed by atoms with E-state index in [1.54, 1.807) is 47.6 Å². The Morgan fingerprint density at radius 2 is 2.14 bits per heavy atom. The lowest BCUT2D eigenvalue weighted by atomic mass is 10.1. The molecular weight excluding hydrogens is 412 g/mol. The number of nitrogens with two attached hydrogens (primary N) is 1. The number of imidazole rings is 1. The lowest BCUT2D eigenvalue weighted by Crippen LogP contribution is -2.13. The maximum absolute atomic E-state index is 12.6. The third kappa shape index (κ3) is 4.24. The van der Waals surface area contributed by atoms with Crippen LogP contribution in [0.1, 0.15) is 15.2 Å². The minimum Gasteiger partial charge on any atom is -0.326 e. The zero-order valence-corrected chi connectivity index (χ0v) is 16.5. The lowest BCUT2D eigenvalue weighted by molar-refractivity contribution is 0.103. The molecule has 4 aromatic rings. The minimum absolute atomic E-state index is 0.263. The van der Waals surface area contributed by atoms with Crippen LogP contribution < -0.4 is 16.4 Å². The van der Waals surface area contributed by atoms with Gasteiger partial charge in [0.2, 0.25) is 0 Å². The highest BCUT2D eigenvalue weighted by molar-refractivity contribution is 7.17. The van der Waals surface area contributed by atoms with Gasteiger partial charge in [0.25, 0.3) is 5.91 Å². The summed E-state index contributed by atoms with van der Waals surface area (Å²) in [7, 11) is 0. The lowest BCUT2D eigenvalue weighted by Gasteiger charge is -2.10. The summed E-state index contributed by atoms with van der Waals surface area (Å²) in [6, 6.07) is 8.86. The first-order valence-corrected chi connectivity index (χ1v) is 9.67. The SMILES string of the molecule is NCc1cccc(Cl)c1NC(=O)c1cnc(Nc2ccc(-n3ccnc3)nn2)s1. The standard InChI is InChI=1S/C18H15ClN8OS/c19-12-3-1-2-11(8-20)16(12)24-17(28)13-9-22-18(29-13)23-14-4-5-15(26-25-14)27-7-6-21-10-27/h1-7,9-10H,8,20H2,(H,24,28)(H,22,23,25). The van der Waals surface area contributed by atoms with E-state index in [-0.39, 0.29) is 12.5 Å². The number of anilines is 3. The molecule has 0 radical (unpaired) electrons. The van der Waals surface area contributed by atoms with Gasteiger partial charge in [-0.25, -0.2) is 9.97 Å². The minimum atomic E-state index is -0.320. The zero-order valence-electron chi connectivity index (χ0n) is 14.9. The largest absolute Gasteiger partial charge is 0.326 e. The van der Waals surface area contributed by atoms with Crippen LogP contribution in [0.5, 0.6) is 0 Å². The number of thiazole rings is 1. The Morgan fingerprint density at radius 3 is 2.86 bits per heavy atom. The summed E-state index contributed by atoms with van der Waals surface area (Å²) in [6.07, 6.45) is 6.56. The van der Waals surface area contributed by atoms with Crippen LogP contribution in [0.4, 0.5) is 16.6 Å². The molecule has 9 nitrogen and oxygen atoms in total. The number of hydrogen-bond acceptors (Lipinski definition) is 8. The zero-order chi connectivity index (χ0) is 20.2. The van der Waals surface area contributed by atoms with Gasteiger partial charge in [0.15, 0.2) is 16.8 Å². The Labute approximate surface area is 174 Å². The molecular formula is C18H15ClN8OS. The Kier molecular flexibility index (Phi) is 5.47. The van der Waals surface area contributed by atoms with Gasteiger partial charge in [-0.05, 0) is 23.8 Å². The number of rotatable bonds is 6.